The molecule has 3 aromatic heterocycles. The first-order chi connectivity index (χ1) is 31.2. The molecular formula is C46H41ClN12O3S3. The minimum atomic E-state index is -0.454. The van der Waals surface area contributed by atoms with Crippen LogP contribution >= 0.6 is 48.7 Å². The quantitative estimate of drug-likeness (QED) is 0.0318. The Morgan fingerprint density at radius 1 is 0.800 bits per heavy atom. The summed E-state index contributed by atoms with van der Waals surface area (Å²) in [7, 11) is 0. The molecule has 19 heteroatoms. The van der Waals surface area contributed by atoms with E-state index < -0.39 is 6.03 Å². The molecule has 0 aliphatic rings. The van der Waals surface area contributed by atoms with Crippen LogP contribution in [0.5, 0.6) is 0 Å². The number of hydrogen-bond donors (Lipinski definition) is 11. The summed E-state index contributed by atoms with van der Waals surface area (Å²) in [4.78, 5) is 57.4. The molecule has 0 bridgehead atoms. The SMILES string of the molecule is C=C(/C=C\c1[nH]c(=O)[nH]c1C)CNC(=S)N(Cc1ccccc1NC(=O)Nc1ccc2[nH]c(S)nc2c1)c1cc(Cl)cc(-c2cc(C)ccc2NC(=S)Nc2ccc3[nH]c(=O)[nH]c3c2)c1. The number of hydrogen-bond acceptors (Lipinski definition) is 7. The number of carbonyl (C=O) groups is 1. The topological polar surface area (TPSA) is 206 Å². The van der Waals surface area contributed by atoms with E-state index in [-0.39, 0.29) is 24.5 Å². The van der Waals surface area contributed by atoms with Crippen molar-refractivity contribution in [1.82, 2.24) is 35.2 Å². The molecule has 0 aliphatic heterocycles. The second kappa shape index (κ2) is 19.2. The van der Waals surface area contributed by atoms with Crippen LogP contribution in [0, 0.1) is 13.8 Å². The van der Waals surface area contributed by atoms with Gasteiger partial charge in [0.05, 0.1) is 34.3 Å². The number of nitrogens with zero attached hydrogens (tertiary/aromatic N) is 2. The van der Waals surface area contributed by atoms with E-state index in [1.54, 1.807) is 43.3 Å². The van der Waals surface area contributed by atoms with Gasteiger partial charge in [-0.05, 0) is 134 Å². The molecule has 65 heavy (non-hydrogen) atoms. The predicted octanol–water partition coefficient (Wildman–Crippen LogP) is 9.58. The van der Waals surface area contributed by atoms with E-state index in [2.05, 4.69) is 75.7 Å². The number of fused-ring (bicyclic) bond motifs is 2. The van der Waals surface area contributed by atoms with Crippen molar-refractivity contribution in [1.29, 1.82) is 0 Å². The number of aryl methyl sites for hydroxylation is 2. The fourth-order valence-corrected chi connectivity index (χ4v) is 8.00. The number of rotatable bonds is 12. The van der Waals surface area contributed by atoms with Gasteiger partial charge in [0.1, 0.15) is 0 Å². The third-order valence-corrected chi connectivity index (χ3v) is 11.2. The molecular weight excluding hydrogens is 900 g/mol. The van der Waals surface area contributed by atoms with Crippen LogP contribution < -0.4 is 42.9 Å². The van der Waals surface area contributed by atoms with Crippen LogP contribution in [0.15, 0.2) is 130 Å². The minimum absolute atomic E-state index is 0.210. The Hall–Kier alpha value is -7.38. The molecule has 10 N–H and O–H groups in total. The maximum absolute atomic E-state index is 13.5. The van der Waals surface area contributed by atoms with E-state index in [1.165, 1.54) is 0 Å². The molecule has 3 heterocycles. The number of carbonyl (C=O) groups excluding carboxylic acids is 1. The molecule has 0 saturated heterocycles. The number of aromatic nitrogens is 6. The fourth-order valence-electron chi connectivity index (χ4n) is 7.07. The van der Waals surface area contributed by atoms with E-state index >= 15 is 0 Å². The molecule has 0 spiro atoms. The fraction of sp³-hybridized carbons (Fsp3) is 0.0870. The summed E-state index contributed by atoms with van der Waals surface area (Å²) in [5, 5.41) is 17.4. The van der Waals surface area contributed by atoms with Crippen molar-refractivity contribution < 1.29 is 4.79 Å². The number of H-pyrrole nitrogens is 5. The van der Waals surface area contributed by atoms with Crippen molar-refractivity contribution in [3.05, 3.63) is 164 Å². The van der Waals surface area contributed by atoms with Gasteiger partial charge in [-0.1, -0.05) is 54.1 Å². The highest BCUT2D eigenvalue weighted by Gasteiger charge is 2.19. The number of thiol groups is 1. The molecule has 8 rings (SSSR count). The smallest absolute Gasteiger partial charge is 0.323 e. The second-order valence-corrected chi connectivity index (χ2v) is 16.7. The van der Waals surface area contributed by atoms with E-state index in [4.69, 9.17) is 36.0 Å². The van der Waals surface area contributed by atoms with Crippen LogP contribution in [0.4, 0.5) is 33.2 Å². The summed E-state index contributed by atoms with van der Waals surface area (Å²) in [6.07, 6.45) is 3.57. The summed E-state index contributed by atoms with van der Waals surface area (Å²) >= 11 is 23.1. The molecule has 0 fully saturated rings. The van der Waals surface area contributed by atoms with Gasteiger partial charge in [0.15, 0.2) is 15.4 Å². The molecule has 0 aliphatic carbocycles. The summed E-state index contributed by atoms with van der Waals surface area (Å²) in [6.45, 7) is 8.47. The molecule has 328 valence electrons. The Morgan fingerprint density at radius 3 is 2.35 bits per heavy atom. The van der Waals surface area contributed by atoms with E-state index in [0.717, 1.165) is 27.8 Å². The highest BCUT2D eigenvalue weighted by molar-refractivity contribution is 7.81. The number of halogens is 1. The van der Waals surface area contributed by atoms with Gasteiger partial charge in [-0.25, -0.2) is 19.4 Å². The van der Waals surface area contributed by atoms with Crippen LogP contribution in [0.1, 0.15) is 22.5 Å². The van der Waals surface area contributed by atoms with Crippen molar-refractivity contribution in [3.63, 3.8) is 0 Å². The molecule has 0 unspecified atom stereocenters. The molecule has 2 amide bonds. The summed E-state index contributed by atoms with van der Waals surface area (Å²) < 4.78 is 0. The molecule has 0 atom stereocenters. The average Bonchev–Trinajstić information content (AvgIpc) is 3.94. The second-order valence-electron chi connectivity index (χ2n) is 15.0. The Bertz CT molecular complexity index is 3310. The van der Waals surface area contributed by atoms with Gasteiger partial charge < -0.3 is 56.4 Å². The minimum Gasteiger partial charge on any atom is -0.358 e. The monoisotopic (exact) mass is 940 g/mol. The number of anilines is 5. The van der Waals surface area contributed by atoms with E-state index in [0.29, 0.717) is 82.4 Å². The zero-order valence-corrected chi connectivity index (χ0v) is 38.1. The van der Waals surface area contributed by atoms with Crippen LogP contribution in [-0.4, -0.2) is 52.7 Å². The van der Waals surface area contributed by atoms with Gasteiger partial charge in [-0.3, -0.25) is 0 Å². The van der Waals surface area contributed by atoms with Crippen molar-refractivity contribution in [3.8, 4) is 11.1 Å². The maximum atomic E-state index is 13.5. The van der Waals surface area contributed by atoms with Crippen molar-refractivity contribution in [2.24, 2.45) is 0 Å². The van der Waals surface area contributed by atoms with Crippen molar-refractivity contribution in [2.75, 3.05) is 32.7 Å². The van der Waals surface area contributed by atoms with Crippen LogP contribution in [0.2, 0.25) is 5.02 Å². The van der Waals surface area contributed by atoms with Gasteiger partial charge in [0.25, 0.3) is 0 Å². The third-order valence-electron chi connectivity index (χ3n) is 10.2. The molecule has 15 nitrogen and oxygen atoms in total. The predicted molar refractivity (Wildman–Crippen MR) is 274 cm³/mol. The lowest BCUT2D eigenvalue weighted by molar-refractivity contribution is 0.262. The molecule has 0 radical (unpaired) electrons. The van der Waals surface area contributed by atoms with Gasteiger partial charge >= 0.3 is 17.4 Å². The van der Waals surface area contributed by atoms with E-state index in [9.17, 15) is 14.4 Å². The summed E-state index contributed by atoms with van der Waals surface area (Å²) in [5.41, 5.74) is 10.7. The first-order valence-electron chi connectivity index (χ1n) is 20.0. The van der Waals surface area contributed by atoms with Gasteiger partial charge in [0, 0.05) is 51.3 Å². The van der Waals surface area contributed by atoms with E-state index in [1.807, 2.05) is 84.6 Å². The van der Waals surface area contributed by atoms with Gasteiger partial charge in [-0.2, -0.15) is 0 Å². The summed E-state index contributed by atoms with van der Waals surface area (Å²) in [5.74, 6) is 0. The highest BCUT2D eigenvalue weighted by atomic mass is 35.5. The van der Waals surface area contributed by atoms with Gasteiger partial charge in [0.2, 0.25) is 0 Å². The Morgan fingerprint density at radius 2 is 1.55 bits per heavy atom. The van der Waals surface area contributed by atoms with Gasteiger partial charge in [-0.15, -0.1) is 12.6 Å². The molecule has 8 aromatic rings. The largest absolute Gasteiger partial charge is 0.358 e. The summed E-state index contributed by atoms with van der Waals surface area (Å²) in [6, 6.07) is 29.4. The first kappa shape index (κ1) is 44.2. The lowest BCUT2D eigenvalue weighted by Crippen LogP contribution is -2.40. The average molecular weight is 942 g/mol. The first-order valence-corrected chi connectivity index (χ1v) is 21.6. The lowest BCUT2D eigenvalue weighted by atomic mass is 10.00. The number of thiocarbonyl (C=S) groups is 2. The number of benzene rings is 5. The third kappa shape index (κ3) is 10.9. The standard InChI is InChI=1S/C46H41ClN12O3S3/c1-24-8-13-36(56-44(63)51-31-11-14-37-39(21-31)55-43(62)54-37)33(16-24)28-17-29(47)19-32(18-28)59(46(65)48-22-25(2)9-12-34-26(3)49-41(60)52-34)23-27-6-4-5-7-35(27)53-42(61)50-30-10-15-38-40(20-30)58-45(64)57-38/h4-21H,2,22-23H2,1,3H3,(H,48,65)(H2,49,52,60)(H2,50,53,61)(H2,51,56,63)(H2,54,55,62)(H2,57,58,64)/b12-9-. The number of urea groups is 1. The zero-order chi connectivity index (χ0) is 45.8. The van der Waals surface area contributed by atoms with Crippen molar-refractivity contribution in [2.45, 2.75) is 25.5 Å². The molecule has 0 saturated carbocycles. The Kier molecular flexibility index (Phi) is 13.0. The number of nitrogens with one attached hydrogen (secondary N) is 10. The lowest BCUT2D eigenvalue weighted by Gasteiger charge is -2.28. The Balaban J connectivity index is 1.07. The van der Waals surface area contributed by atoms with Crippen LogP contribution in [-0.2, 0) is 6.54 Å². The zero-order valence-electron chi connectivity index (χ0n) is 34.8. The molecule has 5 aromatic carbocycles. The van der Waals surface area contributed by atoms with Crippen molar-refractivity contribution >= 4 is 122 Å². The number of aromatic amines is 5. The highest BCUT2D eigenvalue weighted by Crippen LogP contribution is 2.36. The Labute approximate surface area is 392 Å². The normalized spacial score (nSPS) is 11.2. The van der Waals surface area contributed by atoms with Crippen LogP contribution in [0.3, 0.4) is 0 Å². The number of imidazole rings is 3. The maximum Gasteiger partial charge on any atom is 0.323 e. The number of para-hydroxylation sites is 1. The number of amides is 2. The van der Waals surface area contributed by atoms with Crippen LogP contribution in [0.25, 0.3) is 39.3 Å².